The number of ether oxygens (including phenoxy) is 4. The molecule has 27 heavy (non-hydrogen) atoms. The van der Waals surface area contributed by atoms with Crippen LogP contribution >= 0.6 is 11.8 Å². The van der Waals surface area contributed by atoms with E-state index in [9.17, 15) is 4.79 Å². The summed E-state index contributed by atoms with van der Waals surface area (Å²) < 4.78 is 21.4. The van der Waals surface area contributed by atoms with Gasteiger partial charge in [-0.3, -0.25) is 4.79 Å². The molecule has 0 radical (unpaired) electrons. The Labute approximate surface area is 162 Å². The van der Waals surface area contributed by atoms with Gasteiger partial charge >= 0.3 is 0 Å². The molecule has 1 aromatic carbocycles. The number of thioether (sulfide) groups is 1. The molecule has 1 aliphatic heterocycles. The molecule has 0 fully saturated rings. The van der Waals surface area contributed by atoms with Crippen molar-refractivity contribution in [2.24, 2.45) is 0 Å². The predicted molar refractivity (Wildman–Crippen MR) is 102 cm³/mol. The number of hydrogen-bond acceptors (Lipinski definition) is 7. The van der Waals surface area contributed by atoms with Crippen molar-refractivity contribution in [1.82, 2.24) is 10.3 Å². The fourth-order valence-corrected chi connectivity index (χ4v) is 3.10. The van der Waals surface area contributed by atoms with Gasteiger partial charge in [-0.1, -0.05) is 6.07 Å². The van der Waals surface area contributed by atoms with Crippen LogP contribution in [0.15, 0.2) is 41.4 Å². The SMILES string of the molecule is COCCOc1ccc(CNC(=O)CSc2ccc3c(c2)OCCO3)cn1. The van der Waals surface area contributed by atoms with Crippen LogP contribution in [0.25, 0.3) is 0 Å². The van der Waals surface area contributed by atoms with E-state index in [1.807, 2.05) is 24.3 Å². The summed E-state index contributed by atoms with van der Waals surface area (Å²) in [5.41, 5.74) is 0.909. The maximum atomic E-state index is 12.1. The fraction of sp³-hybridized carbons (Fsp3) is 0.368. The van der Waals surface area contributed by atoms with Crippen molar-refractivity contribution in [2.75, 3.05) is 39.3 Å². The molecule has 8 heteroatoms. The lowest BCUT2D eigenvalue weighted by atomic mass is 10.3. The first-order valence-electron chi connectivity index (χ1n) is 8.60. The number of nitrogens with zero attached hydrogens (tertiary/aromatic N) is 1. The molecule has 3 rings (SSSR count). The van der Waals surface area contributed by atoms with E-state index >= 15 is 0 Å². The molecule has 0 unspecified atom stereocenters. The number of hydrogen-bond donors (Lipinski definition) is 1. The van der Waals surface area contributed by atoms with Gasteiger partial charge in [-0.15, -0.1) is 11.8 Å². The van der Waals surface area contributed by atoms with E-state index in [0.717, 1.165) is 22.0 Å². The summed E-state index contributed by atoms with van der Waals surface area (Å²) in [6.07, 6.45) is 1.69. The zero-order chi connectivity index (χ0) is 18.9. The predicted octanol–water partition coefficient (Wildman–Crippen LogP) is 2.29. The van der Waals surface area contributed by atoms with Gasteiger partial charge in [0.05, 0.1) is 12.4 Å². The number of rotatable bonds is 9. The van der Waals surface area contributed by atoms with Crippen molar-refractivity contribution in [3.05, 3.63) is 42.1 Å². The number of pyridine rings is 1. The highest BCUT2D eigenvalue weighted by Crippen LogP contribution is 2.34. The van der Waals surface area contributed by atoms with Crippen molar-refractivity contribution in [2.45, 2.75) is 11.4 Å². The van der Waals surface area contributed by atoms with Crippen molar-refractivity contribution in [3.63, 3.8) is 0 Å². The molecular weight excluding hydrogens is 368 g/mol. The summed E-state index contributed by atoms with van der Waals surface area (Å²) >= 11 is 1.46. The number of carbonyl (C=O) groups is 1. The Morgan fingerprint density at radius 1 is 1.19 bits per heavy atom. The van der Waals surface area contributed by atoms with E-state index < -0.39 is 0 Å². The number of amides is 1. The van der Waals surface area contributed by atoms with E-state index in [-0.39, 0.29) is 5.91 Å². The third-order valence-electron chi connectivity index (χ3n) is 3.71. The van der Waals surface area contributed by atoms with Crippen LogP contribution in [0.4, 0.5) is 0 Å². The van der Waals surface area contributed by atoms with Crippen molar-refractivity contribution < 1.29 is 23.7 Å². The minimum absolute atomic E-state index is 0.0460. The first kappa shape index (κ1) is 19.3. The zero-order valence-electron chi connectivity index (χ0n) is 15.1. The Balaban J connectivity index is 1.40. The molecule has 144 valence electrons. The van der Waals surface area contributed by atoms with Gasteiger partial charge < -0.3 is 24.3 Å². The van der Waals surface area contributed by atoms with E-state index in [2.05, 4.69) is 10.3 Å². The molecule has 0 aliphatic carbocycles. The lowest BCUT2D eigenvalue weighted by Gasteiger charge is -2.18. The second-order valence-corrected chi connectivity index (χ2v) is 6.77. The molecule has 0 atom stereocenters. The van der Waals surface area contributed by atoms with Gasteiger partial charge in [0.1, 0.15) is 19.8 Å². The molecule has 1 aromatic heterocycles. The molecule has 0 spiro atoms. The summed E-state index contributed by atoms with van der Waals surface area (Å²) in [7, 11) is 1.62. The van der Waals surface area contributed by atoms with Crippen LogP contribution in [0.2, 0.25) is 0 Å². The Morgan fingerprint density at radius 2 is 2.04 bits per heavy atom. The molecular formula is C19H22N2O5S. The monoisotopic (exact) mass is 390 g/mol. The summed E-state index contributed by atoms with van der Waals surface area (Å²) in [5, 5.41) is 2.89. The number of carbonyl (C=O) groups excluding carboxylic acids is 1. The molecule has 1 amide bonds. The second-order valence-electron chi connectivity index (χ2n) is 5.72. The van der Waals surface area contributed by atoms with Crippen molar-refractivity contribution in [3.8, 4) is 17.4 Å². The second kappa shape index (κ2) is 10.0. The Kier molecular flexibility index (Phi) is 7.18. The van der Waals surface area contributed by atoms with Crippen molar-refractivity contribution in [1.29, 1.82) is 0 Å². The van der Waals surface area contributed by atoms with Crippen LogP contribution in [0.1, 0.15) is 5.56 Å². The fourth-order valence-electron chi connectivity index (χ4n) is 2.34. The molecule has 0 saturated heterocycles. The largest absolute Gasteiger partial charge is 0.486 e. The van der Waals surface area contributed by atoms with Gasteiger partial charge in [0.15, 0.2) is 11.5 Å². The minimum atomic E-state index is -0.0460. The van der Waals surface area contributed by atoms with Crippen LogP contribution in [0.5, 0.6) is 17.4 Å². The van der Waals surface area contributed by atoms with Crippen LogP contribution in [-0.2, 0) is 16.1 Å². The number of nitrogens with one attached hydrogen (secondary N) is 1. The first-order valence-corrected chi connectivity index (χ1v) is 9.59. The van der Waals surface area contributed by atoms with Gasteiger partial charge in [0.25, 0.3) is 0 Å². The van der Waals surface area contributed by atoms with Gasteiger partial charge in [-0.2, -0.15) is 0 Å². The quantitative estimate of drug-likeness (QED) is 0.520. The summed E-state index contributed by atoms with van der Waals surface area (Å²) in [5.74, 6) is 2.29. The molecule has 7 nitrogen and oxygen atoms in total. The average molecular weight is 390 g/mol. The zero-order valence-corrected chi connectivity index (χ0v) is 15.9. The van der Waals surface area contributed by atoms with Gasteiger partial charge in [0.2, 0.25) is 11.8 Å². The number of methoxy groups -OCH3 is 1. The average Bonchev–Trinajstić information content (AvgIpc) is 2.71. The number of benzene rings is 1. The third kappa shape index (κ3) is 6.04. The molecule has 2 aromatic rings. The van der Waals surface area contributed by atoms with E-state index in [4.69, 9.17) is 18.9 Å². The molecule has 1 N–H and O–H groups in total. The van der Waals surface area contributed by atoms with E-state index in [0.29, 0.717) is 44.6 Å². The standard InChI is InChI=1S/C19H22N2O5S/c1-23-6-7-26-19-5-2-14(12-21-19)11-20-18(22)13-27-15-3-4-16-17(10-15)25-9-8-24-16/h2-5,10,12H,6-9,11,13H2,1H3,(H,20,22). The molecule has 1 aliphatic rings. The highest BCUT2D eigenvalue weighted by molar-refractivity contribution is 8.00. The van der Waals surface area contributed by atoms with Gasteiger partial charge in [-0.05, 0) is 23.8 Å². The van der Waals surface area contributed by atoms with E-state index in [1.54, 1.807) is 19.4 Å². The van der Waals surface area contributed by atoms with Crippen LogP contribution in [0.3, 0.4) is 0 Å². The Morgan fingerprint density at radius 3 is 2.81 bits per heavy atom. The third-order valence-corrected chi connectivity index (χ3v) is 4.70. The van der Waals surface area contributed by atoms with Gasteiger partial charge in [-0.25, -0.2) is 4.98 Å². The first-order chi connectivity index (χ1) is 13.2. The summed E-state index contributed by atoms with van der Waals surface area (Å²) in [6.45, 7) is 2.51. The Bertz CT molecular complexity index is 754. The number of aromatic nitrogens is 1. The highest BCUT2D eigenvalue weighted by Gasteiger charge is 2.12. The topological polar surface area (TPSA) is 78.9 Å². The van der Waals surface area contributed by atoms with Crippen molar-refractivity contribution >= 4 is 17.7 Å². The summed E-state index contributed by atoms with van der Waals surface area (Å²) in [4.78, 5) is 17.2. The number of fused-ring (bicyclic) bond motifs is 1. The highest BCUT2D eigenvalue weighted by atomic mass is 32.2. The molecule has 0 saturated carbocycles. The lowest BCUT2D eigenvalue weighted by molar-refractivity contribution is -0.118. The molecule has 2 heterocycles. The Hall–Kier alpha value is -2.45. The minimum Gasteiger partial charge on any atom is -0.486 e. The summed E-state index contributed by atoms with van der Waals surface area (Å²) in [6, 6.07) is 9.36. The van der Waals surface area contributed by atoms with Crippen LogP contribution in [-0.4, -0.2) is 50.2 Å². The van der Waals surface area contributed by atoms with Crippen LogP contribution < -0.4 is 19.5 Å². The normalized spacial score (nSPS) is 12.5. The lowest BCUT2D eigenvalue weighted by Crippen LogP contribution is -2.24. The maximum Gasteiger partial charge on any atom is 0.230 e. The van der Waals surface area contributed by atoms with Crippen LogP contribution in [0, 0.1) is 0 Å². The van der Waals surface area contributed by atoms with E-state index in [1.165, 1.54) is 11.8 Å². The smallest absolute Gasteiger partial charge is 0.230 e. The maximum absolute atomic E-state index is 12.1. The van der Waals surface area contributed by atoms with Gasteiger partial charge in [0, 0.05) is 30.8 Å². The molecule has 0 bridgehead atoms.